The van der Waals surface area contributed by atoms with Crippen LogP contribution in [0.2, 0.25) is 5.32 Å². The second kappa shape index (κ2) is 5.39. The molecule has 0 aliphatic heterocycles. The maximum absolute atomic E-state index is 6.64. The van der Waals surface area contributed by atoms with Gasteiger partial charge in [0.15, 0.2) is 0 Å². The first-order chi connectivity index (χ1) is 7.29. The van der Waals surface area contributed by atoms with Crippen LogP contribution < -0.4 is 4.46 Å². The third-order valence-corrected chi connectivity index (χ3v) is 6.59. The average Bonchev–Trinajstić information content (AvgIpc) is 2.29. The molecular weight excluding hydrogens is 271 g/mol. The molecular formula is C13H17ClSe. The zero-order chi connectivity index (χ0) is 10.6. The van der Waals surface area contributed by atoms with Crippen LogP contribution in [-0.2, 0) is 0 Å². The van der Waals surface area contributed by atoms with Crippen molar-refractivity contribution in [2.24, 2.45) is 0 Å². The van der Waals surface area contributed by atoms with Crippen LogP contribution in [0.25, 0.3) is 0 Å². The molecule has 0 saturated heterocycles. The fourth-order valence-corrected chi connectivity index (χ4v) is 4.84. The zero-order valence-electron chi connectivity index (χ0n) is 8.92. The molecule has 1 aliphatic carbocycles. The Morgan fingerprint density at radius 1 is 1.07 bits per heavy atom. The van der Waals surface area contributed by atoms with Gasteiger partial charge < -0.3 is 0 Å². The predicted octanol–water partition coefficient (Wildman–Crippen LogP) is 3.38. The number of rotatable bonds is 3. The summed E-state index contributed by atoms with van der Waals surface area (Å²) in [4.78, 5) is 0.133. The third-order valence-electron chi connectivity index (χ3n) is 2.99. The molecule has 1 aliphatic rings. The second-order valence-corrected chi connectivity index (χ2v) is 7.32. The summed E-state index contributed by atoms with van der Waals surface area (Å²) in [6.45, 7) is 0. The fourth-order valence-electron chi connectivity index (χ4n) is 2.06. The first-order valence-electron chi connectivity index (χ1n) is 5.65. The summed E-state index contributed by atoms with van der Waals surface area (Å²) in [6, 6.07) is 10.8. The molecule has 0 atom stereocenters. The molecule has 0 unspecified atom stereocenters. The number of hydrogen-bond acceptors (Lipinski definition) is 0. The molecule has 1 fully saturated rings. The predicted molar refractivity (Wildman–Crippen MR) is 68.3 cm³/mol. The zero-order valence-corrected chi connectivity index (χ0v) is 11.4. The Morgan fingerprint density at radius 2 is 1.73 bits per heavy atom. The van der Waals surface area contributed by atoms with Crippen LogP contribution in [0.4, 0.5) is 0 Å². The summed E-state index contributed by atoms with van der Waals surface area (Å²) in [5.74, 6) is 0. The van der Waals surface area contributed by atoms with Gasteiger partial charge in [-0.25, -0.2) is 0 Å². The SMILES string of the molecule is ClC1(C[Se]c2ccccc2)CCCCC1. The van der Waals surface area contributed by atoms with Crippen molar-refractivity contribution in [2.45, 2.75) is 42.3 Å². The van der Waals surface area contributed by atoms with Crippen molar-refractivity contribution in [1.29, 1.82) is 0 Å². The molecule has 0 N–H and O–H groups in total. The van der Waals surface area contributed by atoms with Crippen LogP contribution in [0.3, 0.4) is 0 Å². The summed E-state index contributed by atoms with van der Waals surface area (Å²) in [5.41, 5.74) is 0. The molecule has 1 aromatic rings. The molecule has 0 amide bonds. The standard InChI is InChI=1S/C13H17ClSe/c14-13(9-5-2-6-10-13)11-15-12-7-3-1-4-8-12/h1,3-4,7-8H,2,5-6,9-11H2. The topological polar surface area (TPSA) is 0 Å². The van der Waals surface area contributed by atoms with E-state index in [1.165, 1.54) is 41.9 Å². The molecule has 0 radical (unpaired) electrons. The van der Waals surface area contributed by atoms with Crippen molar-refractivity contribution in [3.05, 3.63) is 30.3 Å². The van der Waals surface area contributed by atoms with E-state index in [9.17, 15) is 0 Å². The van der Waals surface area contributed by atoms with Gasteiger partial charge in [0.1, 0.15) is 0 Å². The van der Waals surface area contributed by atoms with Crippen LogP contribution in [-0.4, -0.2) is 19.8 Å². The summed E-state index contributed by atoms with van der Waals surface area (Å²) >= 11 is 7.20. The van der Waals surface area contributed by atoms with Gasteiger partial charge in [0.25, 0.3) is 0 Å². The van der Waals surface area contributed by atoms with E-state index in [0.717, 1.165) is 0 Å². The third kappa shape index (κ3) is 3.52. The van der Waals surface area contributed by atoms with E-state index in [2.05, 4.69) is 30.3 Å². The second-order valence-electron chi connectivity index (χ2n) is 4.31. The van der Waals surface area contributed by atoms with Crippen LogP contribution in [0.5, 0.6) is 0 Å². The summed E-state index contributed by atoms with van der Waals surface area (Å²) < 4.78 is 1.48. The van der Waals surface area contributed by atoms with E-state index < -0.39 is 0 Å². The molecule has 2 rings (SSSR count). The first kappa shape index (κ1) is 11.5. The van der Waals surface area contributed by atoms with Gasteiger partial charge >= 0.3 is 104 Å². The van der Waals surface area contributed by atoms with Crippen molar-refractivity contribution < 1.29 is 0 Å². The summed E-state index contributed by atoms with van der Waals surface area (Å²) in [5, 5.41) is 1.20. The normalized spacial score (nSPS) is 20.1. The van der Waals surface area contributed by atoms with E-state index in [1.807, 2.05) is 0 Å². The van der Waals surface area contributed by atoms with Gasteiger partial charge in [0.05, 0.1) is 0 Å². The molecule has 0 aromatic heterocycles. The Bertz CT molecular complexity index is 291. The number of alkyl halides is 1. The van der Waals surface area contributed by atoms with Crippen molar-refractivity contribution in [1.82, 2.24) is 0 Å². The molecule has 0 nitrogen and oxygen atoms in total. The average molecular weight is 288 g/mol. The Morgan fingerprint density at radius 3 is 2.40 bits per heavy atom. The molecule has 0 bridgehead atoms. The molecule has 0 spiro atoms. The van der Waals surface area contributed by atoms with Gasteiger partial charge in [-0.3, -0.25) is 0 Å². The van der Waals surface area contributed by atoms with Gasteiger partial charge in [0, 0.05) is 0 Å². The van der Waals surface area contributed by atoms with Gasteiger partial charge in [-0.05, 0) is 0 Å². The molecule has 0 heterocycles. The number of benzene rings is 1. The quantitative estimate of drug-likeness (QED) is 0.591. The van der Waals surface area contributed by atoms with Crippen molar-refractivity contribution in [2.75, 3.05) is 0 Å². The van der Waals surface area contributed by atoms with E-state index in [1.54, 1.807) is 0 Å². The Balaban J connectivity index is 1.87. The van der Waals surface area contributed by atoms with Crippen LogP contribution in [0.1, 0.15) is 32.1 Å². The maximum atomic E-state index is 6.64. The number of halogens is 1. The van der Waals surface area contributed by atoms with Gasteiger partial charge in [-0.2, -0.15) is 0 Å². The van der Waals surface area contributed by atoms with E-state index >= 15 is 0 Å². The molecule has 1 saturated carbocycles. The van der Waals surface area contributed by atoms with Crippen LogP contribution in [0, 0.1) is 0 Å². The first-order valence-corrected chi connectivity index (χ1v) is 8.10. The Labute approximate surface area is 104 Å². The van der Waals surface area contributed by atoms with Crippen molar-refractivity contribution >= 4 is 31.0 Å². The molecule has 2 heteroatoms. The van der Waals surface area contributed by atoms with Crippen molar-refractivity contribution in [3.8, 4) is 0 Å². The number of hydrogen-bond donors (Lipinski definition) is 0. The molecule has 82 valence electrons. The Hall–Kier alpha value is 0.0295. The van der Waals surface area contributed by atoms with Gasteiger partial charge in [-0.1, -0.05) is 0 Å². The van der Waals surface area contributed by atoms with E-state index in [-0.39, 0.29) is 4.87 Å². The molecule has 1 aromatic carbocycles. The van der Waals surface area contributed by atoms with Crippen LogP contribution in [0.15, 0.2) is 30.3 Å². The van der Waals surface area contributed by atoms with Gasteiger partial charge in [0.2, 0.25) is 0 Å². The minimum atomic E-state index is 0.133. The van der Waals surface area contributed by atoms with E-state index in [0.29, 0.717) is 15.0 Å². The Kier molecular flexibility index (Phi) is 4.13. The van der Waals surface area contributed by atoms with Crippen LogP contribution >= 0.6 is 11.6 Å². The van der Waals surface area contributed by atoms with Gasteiger partial charge in [-0.15, -0.1) is 0 Å². The van der Waals surface area contributed by atoms with E-state index in [4.69, 9.17) is 11.6 Å². The molecule has 15 heavy (non-hydrogen) atoms. The summed E-state index contributed by atoms with van der Waals surface area (Å²) in [6.07, 6.45) is 6.49. The van der Waals surface area contributed by atoms with Crippen molar-refractivity contribution in [3.63, 3.8) is 0 Å². The minimum absolute atomic E-state index is 0.133. The summed E-state index contributed by atoms with van der Waals surface area (Å²) in [7, 11) is 0. The fraction of sp³-hybridized carbons (Fsp3) is 0.538. The monoisotopic (exact) mass is 288 g/mol.